The summed E-state index contributed by atoms with van der Waals surface area (Å²) < 4.78 is 6.11. The van der Waals surface area contributed by atoms with E-state index in [-0.39, 0.29) is 17.0 Å². The summed E-state index contributed by atoms with van der Waals surface area (Å²) >= 11 is 1.97. The number of hydrogen-bond donors (Lipinski definition) is 0. The Labute approximate surface area is 81.7 Å². The van der Waals surface area contributed by atoms with Crippen LogP contribution in [0.25, 0.3) is 0 Å². The zero-order chi connectivity index (χ0) is 6.83. The molecule has 0 heterocycles. The molecule has 0 aromatic carbocycles. The molecule has 1 nitrogen and oxygen atoms in total. The maximum Gasteiger partial charge on any atom is -1.00 e. The number of hydrogen-bond acceptors (Lipinski definition) is 1. The Bertz CT molecular complexity index is 27.0. The van der Waals surface area contributed by atoms with Gasteiger partial charge >= 0.3 is 33.2 Å². The van der Waals surface area contributed by atoms with Gasteiger partial charge in [0, 0.05) is 13.2 Å². The van der Waals surface area contributed by atoms with Crippen LogP contribution < -0.4 is 17.0 Å². The van der Waals surface area contributed by atoms with Gasteiger partial charge in [0.15, 0.2) is 0 Å². The summed E-state index contributed by atoms with van der Waals surface area (Å²) in [6.45, 7) is 7.80. The Hall–Kier alpha value is 1.21. The molecule has 0 aliphatic heterocycles. The maximum atomic E-state index is 4.83. The van der Waals surface area contributed by atoms with E-state index in [1.807, 2.05) is 35.6 Å². The minimum absolute atomic E-state index is 0. The second-order valence-corrected chi connectivity index (χ2v) is 2.28. The van der Waals surface area contributed by atoms with Gasteiger partial charge in [0.1, 0.15) is 0 Å². The van der Waals surface area contributed by atoms with Crippen molar-refractivity contribution < 1.29 is 21.7 Å². The van der Waals surface area contributed by atoms with Crippen molar-refractivity contribution in [2.24, 2.45) is 0 Å². The quantitative estimate of drug-likeness (QED) is 0.508. The second-order valence-electron chi connectivity index (χ2n) is 1.28. The number of ether oxygens (including phenoxy) is 1. The summed E-state index contributed by atoms with van der Waals surface area (Å²) in [5, 5.41) is 0. The van der Waals surface area contributed by atoms with Gasteiger partial charge < -0.3 is 21.7 Å². The molecule has 0 aromatic heterocycles. The molecule has 0 aliphatic rings. The maximum absolute atomic E-state index is 4.83. The molecule has 0 unspecified atom stereocenters. The smallest absolute Gasteiger partial charge is 1.00 e. The van der Waals surface area contributed by atoms with Gasteiger partial charge in [-0.25, -0.2) is 0 Å². The van der Waals surface area contributed by atoms with E-state index in [9.17, 15) is 0 Å². The first kappa shape index (κ1) is 16.7. The zero-order valence-corrected chi connectivity index (χ0v) is 9.61. The van der Waals surface area contributed by atoms with Gasteiger partial charge in [0.25, 0.3) is 0 Å². The van der Waals surface area contributed by atoms with Gasteiger partial charge in [-0.2, -0.15) is 0 Å². The summed E-state index contributed by atoms with van der Waals surface area (Å²) in [7, 11) is 0. The third-order valence-electron chi connectivity index (χ3n) is 0.408. The van der Waals surface area contributed by atoms with Crippen LogP contribution in [0.1, 0.15) is 20.8 Å². The van der Waals surface area contributed by atoms with Crippen LogP contribution in [-0.4, -0.2) is 34.9 Å². The van der Waals surface area contributed by atoms with Crippen molar-refractivity contribution in [3.8, 4) is 0 Å². The molecule has 0 fully saturated rings. The van der Waals surface area contributed by atoms with Crippen molar-refractivity contribution in [3.63, 3.8) is 0 Å². The second kappa shape index (κ2) is 22.9. The molecule has 0 aliphatic carbocycles. The Kier molecular flexibility index (Phi) is 42.3. The predicted octanol–water partition coefficient (Wildman–Crippen LogP) is -1.36. The van der Waals surface area contributed by atoms with E-state index in [0.29, 0.717) is 0 Å². The van der Waals surface area contributed by atoms with Gasteiger partial charge in [-0.3, -0.25) is 0 Å². The monoisotopic (exact) mass is 206 g/mol. The molecule has 0 aromatic rings. The standard InChI is InChI=1S/C4H10O.C2H5.BrH.Mg/c1-3-5-4-2;1-2;;/h3-4H2,1-2H3;1H2,2H3;1H;/q;;;+1/p-1. The van der Waals surface area contributed by atoms with Crippen molar-refractivity contribution >= 4 is 21.7 Å². The molecule has 0 amide bonds. The molecule has 0 saturated carbocycles. The summed E-state index contributed by atoms with van der Waals surface area (Å²) in [6, 6.07) is 0. The van der Waals surface area contributed by atoms with Crippen LogP contribution in [0, 0.1) is 0 Å². The van der Waals surface area contributed by atoms with Crippen LogP contribution in [-0.2, 0) is 4.74 Å². The topological polar surface area (TPSA) is 9.23 Å². The van der Waals surface area contributed by atoms with Crippen LogP contribution >= 0.6 is 0 Å². The van der Waals surface area contributed by atoms with Crippen molar-refractivity contribution in [1.82, 2.24) is 0 Å². The molecule has 0 saturated heterocycles. The van der Waals surface area contributed by atoms with Crippen molar-refractivity contribution in [2.45, 2.75) is 25.3 Å². The van der Waals surface area contributed by atoms with Gasteiger partial charge in [-0.15, -0.1) is 0 Å². The first-order valence-electron chi connectivity index (χ1n) is 3.20. The molecule has 0 N–H and O–H groups in total. The molecular formula is C6H15BrMgO. The number of rotatable bonds is 2. The molecule has 0 atom stereocenters. The largest absolute Gasteiger partial charge is 1.00 e. The summed E-state index contributed by atoms with van der Waals surface area (Å²) in [4.78, 5) is 0. The fraction of sp³-hybridized carbons (Fsp3) is 1.00. The van der Waals surface area contributed by atoms with Crippen LogP contribution in [0.3, 0.4) is 0 Å². The average molecular weight is 207 g/mol. The van der Waals surface area contributed by atoms with E-state index in [1.165, 1.54) is 4.55 Å². The van der Waals surface area contributed by atoms with Gasteiger partial charge in [-0.05, 0) is 13.8 Å². The van der Waals surface area contributed by atoms with E-state index < -0.39 is 0 Å². The Morgan fingerprint density at radius 3 is 1.33 bits per heavy atom. The van der Waals surface area contributed by atoms with Crippen molar-refractivity contribution in [3.05, 3.63) is 0 Å². The molecule has 0 radical (unpaired) electrons. The number of halogens is 1. The molecule has 0 spiro atoms. The fourth-order valence-corrected chi connectivity index (χ4v) is 0.204. The summed E-state index contributed by atoms with van der Waals surface area (Å²) in [5.74, 6) is 0. The minimum atomic E-state index is 0. The van der Waals surface area contributed by atoms with Crippen molar-refractivity contribution in [2.75, 3.05) is 13.2 Å². The molecule has 9 heavy (non-hydrogen) atoms. The predicted molar refractivity (Wildman–Crippen MR) is 38.4 cm³/mol. The molecule has 54 valence electrons. The van der Waals surface area contributed by atoms with Crippen LogP contribution in [0.15, 0.2) is 0 Å². The molecular weight excluding hydrogens is 192 g/mol. The molecule has 0 rings (SSSR count). The first-order chi connectivity index (χ1) is 3.83. The normalized spacial score (nSPS) is 6.78. The van der Waals surface area contributed by atoms with Gasteiger partial charge in [0.05, 0.1) is 0 Å². The summed E-state index contributed by atoms with van der Waals surface area (Å²) in [5.41, 5.74) is 0. The van der Waals surface area contributed by atoms with E-state index in [1.54, 1.807) is 0 Å². The van der Waals surface area contributed by atoms with E-state index in [2.05, 4.69) is 6.92 Å². The Morgan fingerprint density at radius 1 is 1.11 bits per heavy atom. The van der Waals surface area contributed by atoms with E-state index in [4.69, 9.17) is 4.74 Å². The SMILES string of the molecule is CCOCC.C[CH2][Mg+].[Br-]. The molecule has 0 bridgehead atoms. The Morgan fingerprint density at radius 2 is 1.33 bits per heavy atom. The van der Waals surface area contributed by atoms with Crippen LogP contribution in [0.4, 0.5) is 0 Å². The minimum Gasteiger partial charge on any atom is -1.00 e. The zero-order valence-electron chi connectivity index (χ0n) is 6.61. The third-order valence-corrected chi connectivity index (χ3v) is 0.408. The van der Waals surface area contributed by atoms with E-state index in [0.717, 1.165) is 13.2 Å². The van der Waals surface area contributed by atoms with Gasteiger partial charge in [-0.1, -0.05) is 0 Å². The van der Waals surface area contributed by atoms with Gasteiger partial charge in [0.2, 0.25) is 0 Å². The fourth-order valence-electron chi connectivity index (χ4n) is 0.204. The van der Waals surface area contributed by atoms with E-state index >= 15 is 0 Å². The molecule has 3 heteroatoms. The average Bonchev–Trinajstić information content (AvgIpc) is 1.71. The van der Waals surface area contributed by atoms with Crippen LogP contribution in [0.5, 0.6) is 0 Å². The first-order valence-corrected chi connectivity index (χ1v) is 4.20. The van der Waals surface area contributed by atoms with Crippen molar-refractivity contribution in [1.29, 1.82) is 0 Å². The Balaban J connectivity index is -0.0000000800. The summed E-state index contributed by atoms with van der Waals surface area (Å²) in [6.07, 6.45) is 0. The third kappa shape index (κ3) is 46.5. The van der Waals surface area contributed by atoms with Crippen LogP contribution in [0.2, 0.25) is 4.55 Å².